The first-order valence-electron chi connectivity index (χ1n) is 5.65. The molecule has 0 radical (unpaired) electrons. The van der Waals surface area contributed by atoms with Gasteiger partial charge in [-0.3, -0.25) is 4.79 Å². The molecule has 0 bridgehead atoms. The second kappa shape index (κ2) is 7.34. The molecule has 98 valence electrons. The molecule has 1 aromatic carbocycles. The Hall–Kier alpha value is -2.01. The third-order valence-electron chi connectivity index (χ3n) is 2.29. The van der Waals surface area contributed by atoms with Gasteiger partial charge in [-0.05, 0) is 12.1 Å². The van der Waals surface area contributed by atoms with Gasteiger partial charge in [0, 0.05) is 24.8 Å². The number of benzene rings is 1. The van der Waals surface area contributed by atoms with Crippen molar-refractivity contribution >= 4 is 11.6 Å². The van der Waals surface area contributed by atoms with Crippen LogP contribution in [0, 0.1) is 0 Å². The Bertz CT molecular complexity index is 407. The number of hydrogen-bond acceptors (Lipinski definition) is 4. The average molecular weight is 250 g/mol. The van der Waals surface area contributed by atoms with Crippen molar-refractivity contribution in [1.82, 2.24) is 4.90 Å². The van der Waals surface area contributed by atoms with E-state index in [1.165, 1.54) is 4.90 Å². The van der Waals surface area contributed by atoms with Crippen LogP contribution in [0.3, 0.4) is 0 Å². The molecule has 0 heterocycles. The van der Waals surface area contributed by atoms with Gasteiger partial charge in [0.05, 0.1) is 6.61 Å². The number of aliphatic hydroxyl groups excluding tert-OH is 1. The van der Waals surface area contributed by atoms with Crippen molar-refractivity contribution in [2.24, 2.45) is 0 Å². The van der Waals surface area contributed by atoms with Gasteiger partial charge in [-0.25, -0.2) is 0 Å². The average Bonchev–Trinajstić information content (AvgIpc) is 2.36. The summed E-state index contributed by atoms with van der Waals surface area (Å²) in [5, 5.41) is 8.85. The molecule has 1 rings (SSSR count). The van der Waals surface area contributed by atoms with Crippen LogP contribution in [0.25, 0.3) is 0 Å². The maximum atomic E-state index is 11.8. The number of nitrogens with two attached hydrogens (primary N) is 1. The van der Waals surface area contributed by atoms with E-state index in [-0.39, 0.29) is 25.7 Å². The number of anilines is 1. The summed E-state index contributed by atoms with van der Waals surface area (Å²) in [7, 11) is 0. The summed E-state index contributed by atoms with van der Waals surface area (Å²) < 4.78 is 5.34. The lowest BCUT2D eigenvalue weighted by Crippen LogP contribution is -2.37. The summed E-state index contributed by atoms with van der Waals surface area (Å²) in [6, 6.07) is 6.87. The van der Waals surface area contributed by atoms with Crippen LogP contribution in [0.1, 0.15) is 0 Å². The number of hydrogen-bond donors (Lipinski definition) is 2. The smallest absolute Gasteiger partial charge is 0.260 e. The van der Waals surface area contributed by atoms with Crippen molar-refractivity contribution in [1.29, 1.82) is 0 Å². The minimum absolute atomic E-state index is 0.0855. The molecule has 5 nitrogen and oxygen atoms in total. The second-order valence-corrected chi connectivity index (χ2v) is 3.71. The lowest BCUT2D eigenvalue weighted by Gasteiger charge is -2.20. The molecule has 1 amide bonds. The predicted molar refractivity (Wildman–Crippen MR) is 70.2 cm³/mol. The largest absolute Gasteiger partial charge is 0.484 e. The van der Waals surface area contributed by atoms with Crippen molar-refractivity contribution in [3.05, 3.63) is 36.9 Å². The summed E-state index contributed by atoms with van der Waals surface area (Å²) >= 11 is 0. The zero-order chi connectivity index (χ0) is 13.4. The first kappa shape index (κ1) is 14.1. The quantitative estimate of drug-likeness (QED) is 0.550. The number of ether oxygens (including phenoxy) is 1. The van der Waals surface area contributed by atoms with Gasteiger partial charge < -0.3 is 20.5 Å². The molecule has 5 heteroatoms. The molecule has 3 N–H and O–H groups in total. The number of nitrogen functional groups attached to an aromatic ring is 1. The van der Waals surface area contributed by atoms with E-state index < -0.39 is 0 Å². The van der Waals surface area contributed by atoms with Crippen molar-refractivity contribution < 1.29 is 14.6 Å². The van der Waals surface area contributed by atoms with Gasteiger partial charge in [0.2, 0.25) is 0 Å². The number of aliphatic hydroxyl groups is 1. The van der Waals surface area contributed by atoms with E-state index >= 15 is 0 Å². The minimum atomic E-state index is -0.202. The van der Waals surface area contributed by atoms with Gasteiger partial charge in [-0.15, -0.1) is 6.58 Å². The standard InChI is InChI=1S/C13H18N2O3/c1-2-6-15(7-8-16)13(17)10-18-12-5-3-4-11(14)9-12/h2-5,9,16H,1,6-8,10,14H2. The highest BCUT2D eigenvalue weighted by Crippen LogP contribution is 2.14. The van der Waals surface area contributed by atoms with Crippen LogP contribution in [-0.4, -0.2) is 42.2 Å². The maximum Gasteiger partial charge on any atom is 0.260 e. The molecular weight excluding hydrogens is 232 g/mol. The van der Waals surface area contributed by atoms with Crippen LogP contribution in [0.15, 0.2) is 36.9 Å². The topological polar surface area (TPSA) is 75.8 Å². The van der Waals surface area contributed by atoms with E-state index in [2.05, 4.69) is 6.58 Å². The van der Waals surface area contributed by atoms with Crippen LogP contribution in [0.2, 0.25) is 0 Å². The molecule has 0 saturated heterocycles. The number of rotatable bonds is 7. The number of nitrogens with zero attached hydrogens (tertiary/aromatic N) is 1. The SMILES string of the molecule is C=CCN(CCO)C(=O)COc1cccc(N)c1. The van der Waals surface area contributed by atoms with Crippen LogP contribution >= 0.6 is 0 Å². The van der Waals surface area contributed by atoms with E-state index in [1.54, 1.807) is 30.3 Å². The fourth-order valence-electron chi connectivity index (χ4n) is 1.44. The monoisotopic (exact) mass is 250 g/mol. The summed E-state index contributed by atoms with van der Waals surface area (Å²) in [6.07, 6.45) is 1.61. The first-order chi connectivity index (χ1) is 8.67. The molecule has 0 saturated carbocycles. The summed E-state index contributed by atoms with van der Waals surface area (Å²) in [6.45, 7) is 4.05. The third-order valence-corrected chi connectivity index (χ3v) is 2.29. The Morgan fingerprint density at radius 1 is 1.56 bits per heavy atom. The fraction of sp³-hybridized carbons (Fsp3) is 0.308. The van der Waals surface area contributed by atoms with Crippen LogP contribution in [-0.2, 0) is 4.79 Å². The fourth-order valence-corrected chi connectivity index (χ4v) is 1.44. The number of carbonyl (C=O) groups is 1. The molecule has 0 aliphatic heterocycles. The predicted octanol–water partition coefficient (Wildman–Crippen LogP) is 0.654. The van der Waals surface area contributed by atoms with E-state index in [9.17, 15) is 4.79 Å². The molecule has 18 heavy (non-hydrogen) atoms. The summed E-state index contributed by atoms with van der Waals surface area (Å²) in [5.74, 6) is 0.345. The van der Waals surface area contributed by atoms with E-state index in [1.807, 2.05) is 0 Å². The molecular formula is C13H18N2O3. The lowest BCUT2D eigenvalue weighted by atomic mass is 10.3. The molecule has 0 atom stereocenters. The Morgan fingerprint density at radius 2 is 2.33 bits per heavy atom. The Labute approximate surface area is 106 Å². The zero-order valence-electron chi connectivity index (χ0n) is 10.2. The molecule has 0 aliphatic rings. The van der Waals surface area contributed by atoms with Crippen LogP contribution in [0.4, 0.5) is 5.69 Å². The van der Waals surface area contributed by atoms with Crippen LogP contribution < -0.4 is 10.5 Å². The van der Waals surface area contributed by atoms with Gasteiger partial charge in [0.15, 0.2) is 6.61 Å². The molecule has 0 unspecified atom stereocenters. The zero-order valence-corrected chi connectivity index (χ0v) is 10.2. The van der Waals surface area contributed by atoms with Gasteiger partial charge in [0.1, 0.15) is 5.75 Å². The summed E-state index contributed by atoms with van der Waals surface area (Å²) in [4.78, 5) is 13.3. The molecule has 0 fully saturated rings. The van der Waals surface area contributed by atoms with E-state index in [0.29, 0.717) is 18.0 Å². The summed E-state index contributed by atoms with van der Waals surface area (Å²) in [5.41, 5.74) is 6.18. The maximum absolute atomic E-state index is 11.8. The third kappa shape index (κ3) is 4.47. The van der Waals surface area contributed by atoms with Crippen molar-refractivity contribution in [3.8, 4) is 5.75 Å². The van der Waals surface area contributed by atoms with Gasteiger partial charge in [0.25, 0.3) is 5.91 Å². The Balaban J connectivity index is 2.50. The Kier molecular flexibility index (Phi) is 5.73. The van der Waals surface area contributed by atoms with Crippen molar-refractivity contribution in [2.45, 2.75) is 0 Å². The molecule has 0 aromatic heterocycles. The number of amides is 1. The molecule has 0 aliphatic carbocycles. The van der Waals surface area contributed by atoms with E-state index in [0.717, 1.165) is 0 Å². The van der Waals surface area contributed by atoms with Gasteiger partial charge in [-0.2, -0.15) is 0 Å². The lowest BCUT2D eigenvalue weighted by molar-refractivity contribution is -0.133. The highest BCUT2D eigenvalue weighted by Gasteiger charge is 2.12. The highest BCUT2D eigenvalue weighted by atomic mass is 16.5. The van der Waals surface area contributed by atoms with Gasteiger partial charge >= 0.3 is 0 Å². The number of carbonyl (C=O) groups excluding carboxylic acids is 1. The van der Waals surface area contributed by atoms with Crippen molar-refractivity contribution in [3.63, 3.8) is 0 Å². The first-order valence-corrected chi connectivity index (χ1v) is 5.65. The second-order valence-electron chi connectivity index (χ2n) is 3.71. The molecule has 0 spiro atoms. The normalized spacial score (nSPS) is 9.83. The van der Waals surface area contributed by atoms with Gasteiger partial charge in [-0.1, -0.05) is 12.1 Å². The highest BCUT2D eigenvalue weighted by molar-refractivity contribution is 5.78. The molecule has 1 aromatic rings. The minimum Gasteiger partial charge on any atom is -0.484 e. The van der Waals surface area contributed by atoms with Crippen molar-refractivity contribution in [2.75, 3.05) is 32.0 Å². The Morgan fingerprint density at radius 3 is 2.94 bits per heavy atom. The van der Waals surface area contributed by atoms with Crippen LogP contribution in [0.5, 0.6) is 5.75 Å². The van der Waals surface area contributed by atoms with E-state index in [4.69, 9.17) is 15.6 Å².